The van der Waals surface area contributed by atoms with E-state index in [0.29, 0.717) is 5.95 Å². The minimum Gasteiger partial charge on any atom is -0.495 e. The van der Waals surface area contributed by atoms with Crippen molar-refractivity contribution in [2.75, 3.05) is 31.2 Å². The number of nitrogens with zero attached hydrogens (tertiary/aromatic N) is 3. The standard InChI is InChI=1S/C23H28N6O/c1-30-20-10-6-5-9-19(20)25-23-27-21(26-22(24)28-23)16-29-13-11-18(12-14-29)15-17-7-3-2-4-8-17/h2-10,18H,11-16H2,1H3,(H3,24,25,26,27,28)/p+1. The van der Waals surface area contributed by atoms with Crippen LogP contribution in [0.4, 0.5) is 17.6 Å². The number of nitrogens with one attached hydrogen (secondary N) is 2. The zero-order valence-corrected chi connectivity index (χ0v) is 17.3. The lowest BCUT2D eigenvalue weighted by Crippen LogP contribution is -3.11. The Bertz CT molecular complexity index is 957. The molecule has 0 aliphatic carbocycles. The Morgan fingerprint density at radius 3 is 2.50 bits per heavy atom. The van der Waals surface area contributed by atoms with Crippen LogP contribution in [-0.4, -0.2) is 35.2 Å². The van der Waals surface area contributed by atoms with Crippen LogP contribution >= 0.6 is 0 Å². The van der Waals surface area contributed by atoms with Crippen molar-refractivity contribution in [2.45, 2.75) is 25.8 Å². The molecule has 0 atom stereocenters. The van der Waals surface area contributed by atoms with Crippen LogP contribution in [0.25, 0.3) is 0 Å². The average molecular weight is 406 g/mol. The number of nitrogen functional groups attached to an aromatic ring is 1. The van der Waals surface area contributed by atoms with E-state index in [4.69, 9.17) is 10.5 Å². The quantitative estimate of drug-likeness (QED) is 0.559. The van der Waals surface area contributed by atoms with Crippen LogP contribution in [-0.2, 0) is 13.0 Å². The summed E-state index contributed by atoms with van der Waals surface area (Å²) in [6.07, 6.45) is 3.61. The summed E-state index contributed by atoms with van der Waals surface area (Å²) in [6, 6.07) is 18.4. The molecule has 2 aromatic carbocycles. The van der Waals surface area contributed by atoms with Crippen LogP contribution in [0.15, 0.2) is 54.6 Å². The second kappa shape index (κ2) is 9.54. The van der Waals surface area contributed by atoms with Crippen LogP contribution in [0.2, 0.25) is 0 Å². The summed E-state index contributed by atoms with van der Waals surface area (Å²) in [5.41, 5.74) is 8.18. The van der Waals surface area contributed by atoms with Crippen molar-refractivity contribution in [2.24, 2.45) is 5.92 Å². The summed E-state index contributed by atoms with van der Waals surface area (Å²) in [5, 5.41) is 3.20. The Kier molecular flexibility index (Phi) is 6.39. The third-order valence-electron chi connectivity index (χ3n) is 5.64. The van der Waals surface area contributed by atoms with Gasteiger partial charge in [0, 0.05) is 0 Å². The number of nitrogens with two attached hydrogens (primary N) is 1. The first-order valence-corrected chi connectivity index (χ1v) is 10.5. The van der Waals surface area contributed by atoms with E-state index in [1.165, 1.54) is 29.7 Å². The molecule has 3 aromatic rings. The molecule has 0 spiro atoms. The van der Waals surface area contributed by atoms with Gasteiger partial charge in [-0.25, -0.2) is 0 Å². The van der Waals surface area contributed by atoms with E-state index in [2.05, 4.69) is 50.6 Å². The SMILES string of the molecule is COc1ccccc1Nc1nc(N)nc(C[NH+]2CCC(Cc3ccccc3)CC2)n1. The highest BCUT2D eigenvalue weighted by Gasteiger charge is 2.23. The molecule has 0 saturated carbocycles. The fourth-order valence-electron chi connectivity index (χ4n) is 4.08. The Balaban J connectivity index is 1.36. The predicted molar refractivity (Wildman–Crippen MR) is 118 cm³/mol. The van der Waals surface area contributed by atoms with E-state index in [1.54, 1.807) is 7.11 Å². The largest absolute Gasteiger partial charge is 0.495 e. The number of aromatic nitrogens is 3. The summed E-state index contributed by atoms with van der Waals surface area (Å²) >= 11 is 0. The molecule has 7 heteroatoms. The van der Waals surface area contributed by atoms with Gasteiger partial charge in [-0.3, -0.25) is 0 Å². The van der Waals surface area contributed by atoms with Crippen molar-refractivity contribution in [3.05, 3.63) is 66.0 Å². The molecule has 0 amide bonds. The molecule has 30 heavy (non-hydrogen) atoms. The number of anilines is 3. The molecule has 1 aliphatic heterocycles. The van der Waals surface area contributed by atoms with Gasteiger partial charge in [0.1, 0.15) is 12.3 Å². The maximum Gasteiger partial charge on any atom is 0.232 e. The molecule has 1 fully saturated rings. The van der Waals surface area contributed by atoms with Gasteiger partial charge < -0.3 is 20.7 Å². The molecule has 4 N–H and O–H groups in total. The molecular formula is C23H29N6O+. The Labute approximate surface area is 177 Å². The zero-order chi connectivity index (χ0) is 20.8. The first-order chi connectivity index (χ1) is 14.7. The highest BCUT2D eigenvalue weighted by atomic mass is 16.5. The Morgan fingerprint density at radius 2 is 1.73 bits per heavy atom. The monoisotopic (exact) mass is 405 g/mol. The van der Waals surface area contributed by atoms with E-state index < -0.39 is 0 Å². The van der Waals surface area contributed by atoms with Gasteiger partial charge in [0.15, 0.2) is 5.82 Å². The van der Waals surface area contributed by atoms with Gasteiger partial charge >= 0.3 is 0 Å². The summed E-state index contributed by atoms with van der Waals surface area (Å²) < 4.78 is 5.38. The van der Waals surface area contributed by atoms with Crippen LogP contribution in [0.5, 0.6) is 5.75 Å². The number of methoxy groups -OCH3 is 1. The van der Waals surface area contributed by atoms with Gasteiger partial charge in [-0.05, 0) is 42.9 Å². The maximum atomic E-state index is 5.95. The third kappa shape index (κ3) is 5.24. The summed E-state index contributed by atoms with van der Waals surface area (Å²) in [6.45, 7) is 3.00. The third-order valence-corrected chi connectivity index (χ3v) is 5.64. The van der Waals surface area contributed by atoms with Crippen molar-refractivity contribution in [1.29, 1.82) is 0 Å². The first-order valence-electron chi connectivity index (χ1n) is 10.5. The number of para-hydroxylation sites is 2. The molecule has 1 aliphatic rings. The van der Waals surface area contributed by atoms with Gasteiger partial charge in [0.25, 0.3) is 0 Å². The fraction of sp³-hybridized carbons (Fsp3) is 0.348. The van der Waals surface area contributed by atoms with Crippen LogP contribution in [0.1, 0.15) is 24.2 Å². The molecule has 1 saturated heterocycles. The number of benzene rings is 2. The highest BCUT2D eigenvalue weighted by Crippen LogP contribution is 2.25. The highest BCUT2D eigenvalue weighted by molar-refractivity contribution is 5.62. The van der Waals surface area contributed by atoms with Gasteiger partial charge in [-0.1, -0.05) is 42.5 Å². The normalized spacial score (nSPS) is 18.7. The molecular weight excluding hydrogens is 376 g/mol. The number of piperidine rings is 1. The second-order valence-electron chi connectivity index (χ2n) is 7.82. The fourth-order valence-corrected chi connectivity index (χ4v) is 4.08. The number of hydrogen-bond acceptors (Lipinski definition) is 6. The molecule has 7 nitrogen and oxygen atoms in total. The lowest BCUT2D eigenvalue weighted by molar-refractivity contribution is -0.920. The topological polar surface area (TPSA) is 90.4 Å². The summed E-state index contributed by atoms with van der Waals surface area (Å²) in [5.74, 6) is 2.87. The van der Waals surface area contributed by atoms with Crippen LogP contribution in [0, 0.1) is 5.92 Å². The molecule has 156 valence electrons. The molecule has 0 radical (unpaired) electrons. The van der Waals surface area contributed by atoms with Crippen LogP contribution in [0.3, 0.4) is 0 Å². The van der Waals surface area contributed by atoms with Crippen LogP contribution < -0.4 is 20.7 Å². The minimum atomic E-state index is 0.232. The van der Waals surface area contributed by atoms with E-state index in [1.807, 2.05) is 24.3 Å². The first kappa shape index (κ1) is 20.1. The maximum absolute atomic E-state index is 5.95. The Hall–Kier alpha value is -3.19. The van der Waals surface area contributed by atoms with Gasteiger partial charge in [0.05, 0.1) is 25.9 Å². The van der Waals surface area contributed by atoms with E-state index in [-0.39, 0.29) is 5.95 Å². The van der Waals surface area contributed by atoms with E-state index >= 15 is 0 Å². The van der Waals surface area contributed by atoms with Crippen molar-refractivity contribution < 1.29 is 9.64 Å². The van der Waals surface area contributed by atoms with Crippen molar-refractivity contribution in [3.63, 3.8) is 0 Å². The molecule has 1 aromatic heterocycles. The lowest BCUT2D eigenvalue weighted by atomic mass is 9.90. The molecule has 2 heterocycles. The minimum absolute atomic E-state index is 0.232. The molecule has 0 unspecified atom stereocenters. The van der Waals surface area contributed by atoms with Crippen molar-refractivity contribution >= 4 is 17.6 Å². The molecule has 0 bridgehead atoms. The number of likely N-dealkylation sites (tertiary alicyclic amines) is 1. The lowest BCUT2D eigenvalue weighted by Gasteiger charge is -2.29. The summed E-state index contributed by atoms with van der Waals surface area (Å²) in [7, 11) is 1.64. The summed E-state index contributed by atoms with van der Waals surface area (Å²) in [4.78, 5) is 14.7. The number of quaternary nitrogens is 1. The second-order valence-corrected chi connectivity index (χ2v) is 7.82. The smallest absolute Gasteiger partial charge is 0.232 e. The molecule has 4 rings (SSSR count). The van der Waals surface area contributed by atoms with Gasteiger partial charge in [-0.15, -0.1) is 0 Å². The van der Waals surface area contributed by atoms with Gasteiger partial charge in [0.2, 0.25) is 11.9 Å². The van der Waals surface area contributed by atoms with Crippen molar-refractivity contribution in [3.8, 4) is 5.75 Å². The zero-order valence-electron chi connectivity index (χ0n) is 17.3. The Morgan fingerprint density at radius 1 is 1.00 bits per heavy atom. The average Bonchev–Trinajstić information content (AvgIpc) is 2.76. The van der Waals surface area contributed by atoms with Gasteiger partial charge in [-0.2, -0.15) is 15.0 Å². The number of hydrogen-bond donors (Lipinski definition) is 3. The number of rotatable bonds is 7. The predicted octanol–water partition coefficient (Wildman–Crippen LogP) is 2.24. The van der Waals surface area contributed by atoms with Crippen molar-refractivity contribution in [1.82, 2.24) is 15.0 Å². The number of ether oxygens (including phenoxy) is 1. The van der Waals surface area contributed by atoms with E-state index in [9.17, 15) is 0 Å². The van der Waals surface area contributed by atoms with E-state index in [0.717, 1.165) is 42.8 Å².